The first-order chi connectivity index (χ1) is 24.1. The van der Waals surface area contributed by atoms with Crippen molar-refractivity contribution in [2.24, 2.45) is 17.3 Å². The van der Waals surface area contributed by atoms with E-state index in [0.29, 0.717) is 6.42 Å². The van der Waals surface area contributed by atoms with Gasteiger partial charge in [-0.25, -0.2) is 8.78 Å². The van der Waals surface area contributed by atoms with Gasteiger partial charge in [-0.2, -0.15) is 0 Å². The van der Waals surface area contributed by atoms with Gasteiger partial charge in [0.25, 0.3) is 0 Å². The van der Waals surface area contributed by atoms with Crippen LogP contribution < -0.4 is 0 Å². The number of fused-ring (bicyclic) bond motifs is 2. The van der Waals surface area contributed by atoms with E-state index in [0.717, 1.165) is 70.2 Å². The molecule has 0 bridgehead atoms. The molecule has 281 valence electrons. The van der Waals surface area contributed by atoms with Crippen LogP contribution in [0.4, 0.5) is 8.78 Å². The number of halogens is 2. The van der Waals surface area contributed by atoms with E-state index in [-0.39, 0.29) is 48.9 Å². The molecule has 4 nitrogen and oxygen atoms in total. The van der Waals surface area contributed by atoms with Gasteiger partial charge in [0, 0.05) is 66.3 Å². The number of carbonyl (C=O) groups is 1. The predicted octanol–water partition coefficient (Wildman–Crippen LogP) is 13.1. The molecule has 0 aliphatic carbocycles. The molecule has 0 saturated heterocycles. The van der Waals surface area contributed by atoms with E-state index in [2.05, 4.69) is 56.1 Å². The van der Waals surface area contributed by atoms with Gasteiger partial charge in [-0.3, -0.25) is 9.78 Å². The molecule has 5 aromatic rings. The molecule has 1 radical (unpaired) electrons. The third-order valence-electron chi connectivity index (χ3n) is 9.82. The summed E-state index contributed by atoms with van der Waals surface area (Å²) in [4.78, 5) is 16.4. The standard InChI is InChI=1S/C32H30F2NO.C13H24O2.Ir/c1-31(2,3)26-16-23(15-21-8-6-7-9-25(21)26)27-17-22(12-13-35-27)29-18-24-14-20(10-11-28(24)36-29)19-32(4,5)30(33)34;1-5-10(6-2)12(14)9-13(15)11(7-3)8-4;/h6-14,16-18,30H,19H2,1-5H3;9-11,14H,5-8H2,1-4H3;/q-1;;/b;12-9-;. The first kappa shape index (κ1) is 42.7. The van der Waals surface area contributed by atoms with Gasteiger partial charge in [-0.1, -0.05) is 104 Å². The zero-order valence-electron chi connectivity index (χ0n) is 32.1. The summed E-state index contributed by atoms with van der Waals surface area (Å²) in [6.07, 6.45) is 4.61. The molecule has 5 rings (SSSR count). The van der Waals surface area contributed by atoms with Gasteiger partial charge in [0.05, 0.1) is 5.76 Å². The summed E-state index contributed by atoms with van der Waals surface area (Å²) in [6.45, 7) is 17.9. The number of benzene rings is 3. The molecule has 1 N–H and O–H groups in total. The van der Waals surface area contributed by atoms with Crippen LogP contribution >= 0.6 is 0 Å². The molecule has 0 amide bonds. The Morgan fingerprint density at radius 3 is 2.15 bits per heavy atom. The van der Waals surface area contributed by atoms with Crippen molar-refractivity contribution >= 4 is 27.5 Å². The number of nitrogens with zero attached hydrogens (tertiary/aromatic N) is 1. The number of ketones is 1. The van der Waals surface area contributed by atoms with Crippen LogP contribution in [0.15, 0.2) is 89.2 Å². The third-order valence-corrected chi connectivity index (χ3v) is 9.82. The minimum atomic E-state index is -2.38. The van der Waals surface area contributed by atoms with Crippen molar-refractivity contribution in [2.45, 2.75) is 106 Å². The van der Waals surface area contributed by atoms with Crippen LogP contribution in [0.5, 0.6) is 0 Å². The largest absolute Gasteiger partial charge is 0.512 e. The summed E-state index contributed by atoms with van der Waals surface area (Å²) in [5, 5.41) is 12.9. The Hall–Kier alpha value is -3.67. The number of allylic oxidation sites excluding steroid dienone is 2. The number of aliphatic hydroxyl groups excluding tert-OH is 1. The van der Waals surface area contributed by atoms with Crippen LogP contribution in [0, 0.1) is 23.3 Å². The minimum absolute atomic E-state index is 0. The van der Waals surface area contributed by atoms with E-state index in [1.165, 1.54) is 17.0 Å². The van der Waals surface area contributed by atoms with Gasteiger partial charge in [0.15, 0.2) is 5.78 Å². The number of aliphatic hydroxyl groups is 1. The van der Waals surface area contributed by atoms with Gasteiger partial charge in [0.2, 0.25) is 6.43 Å². The molecule has 0 spiro atoms. The smallest absolute Gasteiger partial charge is 0.243 e. The average molecular weight is 887 g/mol. The Balaban J connectivity index is 0.000000389. The van der Waals surface area contributed by atoms with Crippen LogP contribution in [0.3, 0.4) is 0 Å². The van der Waals surface area contributed by atoms with E-state index >= 15 is 0 Å². The summed E-state index contributed by atoms with van der Waals surface area (Å²) < 4.78 is 32.9. The Morgan fingerprint density at radius 1 is 0.885 bits per heavy atom. The summed E-state index contributed by atoms with van der Waals surface area (Å²) >= 11 is 0. The molecule has 2 heterocycles. The molecule has 0 fully saturated rings. The number of carbonyl (C=O) groups excluding carboxylic acids is 1. The second-order valence-electron chi connectivity index (χ2n) is 15.3. The second kappa shape index (κ2) is 18.4. The van der Waals surface area contributed by atoms with Crippen LogP contribution in [0.2, 0.25) is 0 Å². The molecule has 0 aliphatic rings. The Bertz CT molecular complexity index is 1960. The number of pyridine rings is 1. The Morgan fingerprint density at radius 2 is 1.54 bits per heavy atom. The van der Waals surface area contributed by atoms with Crippen molar-refractivity contribution in [1.82, 2.24) is 4.98 Å². The Labute approximate surface area is 322 Å². The van der Waals surface area contributed by atoms with Gasteiger partial charge >= 0.3 is 0 Å². The first-order valence-corrected chi connectivity index (χ1v) is 18.3. The second-order valence-corrected chi connectivity index (χ2v) is 15.3. The molecule has 0 unspecified atom stereocenters. The number of alkyl halides is 2. The van der Waals surface area contributed by atoms with Crippen molar-refractivity contribution < 1.29 is 43.2 Å². The van der Waals surface area contributed by atoms with Gasteiger partial charge in [0.1, 0.15) is 11.3 Å². The van der Waals surface area contributed by atoms with Gasteiger partial charge < -0.3 is 9.52 Å². The number of hydrogen-bond acceptors (Lipinski definition) is 4. The Kier molecular flexibility index (Phi) is 15.1. The molecule has 0 aliphatic heterocycles. The summed E-state index contributed by atoms with van der Waals surface area (Å²) in [5.74, 6) is 1.27. The van der Waals surface area contributed by atoms with E-state index in [1.54, 1.807) is 20.0 Å². The normalized spacial score (nSPS) is 12.4. The molecule has 0 saturated carbocycles. The SMILES string of the molecule is CC(C)(C)c1cc(-c2cc(-c3cc4cc(CC(C)(C)C(F)F)ccc4o3)ccn2)[c-]c2ccccc12.CCC(CC)C(=O)/C=C(\O)C(CC)CC.[Ir]. The summed E-state index contributed by atoms with van der Waals surface area (Å²) in [7, 11) is 0. The zero-order chi connectivity index (χ0) is 37.5. The summed E-state index contributed by atoms with van der Waals surface area (Å²) in [5.41, 5.74) is 4.41. The zero-order valence-corrected chi connectivity index (χ0v) is 34.5. The summed E-state index contributed by atoms with van der Waals surface area (Å²) in [6, 6.07) is 25.6. The van der Waals surface area contributed by atoms with Crippen LogP contribution in [0.1, 0.15) is 99.1 Å². The molecular weight excluding hydrogens is 833 g/mol. The maximum absolute atomic E-state index is 13.4. The van der Waals surface area contributed by atoms with Crippen LogP contribution in [-0.2, 0) is 36.7 Å². The first-order valence-electron chi connectivity index (χ1n) is 18.3. The van der Waals surface area contributed by atoms with E-state index in [4.69, 9.17) is 4.42 Å². The molecule has 52 heavy (non-hydrogen) atoms. The fourth-order valence-corrected chi connectivity index (χ4v) is 6.45. The van der Waals surface area contributed by atoms with Gasteiger partial charge in [-0.05, 0) is 67.3 Å². The monoisotopic (exact) mass is 887 g/mol. The molecule has 0 atom stereocenters. The predicted molar refractivity (Wildman–Crippen MR) is 207 cm³/mol. The fraction of sp³-hybridized carbons (Fsp3) is 0.422. The fourth-order valence-electron chi connectivity index (χ4n) is 6.45. The van der Waals surface area contributed by atoms with Crippen LogP contribution in [-0.4, -0.2) is 22.3 Å². The maximum atomic E-state index is 13.4. The van der Waals surface area contributed by atoms with Crippen molar-refractivity contribution in [3.63, 3.8) is 0 Å². The van der Waals surface area contributed by atoms with Crippen LogP contribution in [0.25, 0.3) is 44.3 Å². The quantitative estimate of drug-likeness (QED) is 0.0770. The van der Waals surface area contributed by atoms with Crippen molar-refractivity contribution in [3.8, 4) is 22.6 Å². The third kappa shape index (κ3) is 10.5. The number of furan rings is 1. The van der Waals surface area contributed by atoms with E-state index in [9.17, 15) is 18.7 Å². The average Bonchev–Trinajstić information content (AvgIpc) is 3.52. The van der Waals surface area contributed by atoms with E-state index < -0.39 is 11.8 Å². The number of aromatic nitrogens is 1. The number of rotatable bonds is 12. The van der Waals surface area contributed by atoms with Crippen molar-refractivity contribution in [1.29, 1.82) is 0 Å². The molecule has 3 aromatic carbocycles. The molecular formula is C45H54F2IrNO3-. The topological polar surface area (TPSA) is 63.3 Å². The molecule has 7 heteroatoms. The van der Waals surface area contributed by atoms with Crippen molar-refractivity contribution in [3.05, 3.63) is 102 Å². The van der Waals surface area contributed by atoms with E-state index in [1.807, 2.05) is 70.2 Å². The minimum Gasteiger partial charge on any atom is -0.512 e. The number of hydrogen-bond donors (Lipinski definition) is 1. The van der Waals surface area contributed by atoms with Gasteiger partial charge in [-0.15, -0.1) is 29.1 Å². The molecule has 2 aromatic heterocycles. The maximum Gasteiger partial charge on any atom is 0.243 e. The van der Waals surface area contributed by atoms with Crippen molar-refractivity contribution in [2.75, 3.05) is 0 Å².